The van der Waals surface area contributed by atoms with Gasteiger partial charge in [-0.25, -0.2) is 4.39 Å². The molecule has 0 spiro atoms. The van der Waals surface area contributed by atoms with E-state index in [2.05, 4.69) is 44.3 Å². The Balaban J connectivity index is 0.795. The number of halogens is 1. The number of piperazine rings is 1. The van der Waals surface area contributed by atoms with Gasteiger partial charge in [-0.2, -0.15) is 0 Å². The summed E-state index contributed by atoms with van der Waals surface area (Å²) in [6.07, 6.45) is 2.63. The molecule has 55 heavy (non-hydrogen) atoms. The molecule has 0 aliphatic carbocycles. The number of amides is 3. The first-order valence-electron chi connectivity index (χ1n) is 19.6. The molecule has 0 bridgehead atoms. The third kappa shape index (κ3) is 6.90. The van der Waals surface area contributed by atoms with Crippen LogP contribution in [0, 0.1) is 11.7 Å². The van der Waals surface area contributed by atoms with E-state index in [0.717, 1.165) is 86.6 Å². The van der Waals surface area contributed by atoms with Crippen molar-refractivity contribution < 1.29 is 28.6 Å². The van der Waals surface area contributed by atoms with E-state index in [1.807, 2.05) is 42.5 Å². The van der Waals surface area contributed by atoms with Gasteiger partial charge in [0.2, 0.25) is 11.8 Å². The van der Waals surface area contributed by atoms with E-state index >= 15 is 4.39 Å². The zero-order valence-electron chi connectivity index (χ0n) is 30.8. The van der Waals surface area contributed by atoms with Crippen LogP contribution in [0.25, 0.3) is 0 Å². The van der Waals surface area contributed by atoms with Crippen LogP contribution in [-0.2, 0) is 16.1 Å². The number of nitrogens with one attached hydrogen (secondary N) is 1. The molecular formula is C44H46FN5O5. The molecule has 5 aliphatic rings. The first kappa shape index (κ1) is 35.3. The van der Waals surface area contributed by atoms with Gasteiger partial charge in [0.25, 0.3) is 5.91 Å². The molecule has 5 heterocycles. The number of piperidine rings is 2. The molecule has 5 aliphatic heterocycles. The molecule has 0 radical (unpaired) electrons. The van der Waals surface area contributed by atoms with Crippen molar-refractivity contribution in [3.05, 3.63) is 119 Å². The number of anilines is 2. The number of aromatic hydroxyl groups is 1. The van der Waals surface area contributed by atoms with Gasteiger partial charge >= 0.3 is 0 Å². The SMILES string of the molecule is O=C1CC[C@H](N2Cc3cc(N4CCN(CC5CCN(c6ccc([C@@H]7c8ccc(O)cc8OC[C@@H]7c7ccccc7)cc6F)CC5)CC4)ccc3C2=O)C(=O)N1. The van der Waals surface area contributed by atoms with E-state index in [4.69, 9.17) is 4.74 Å². The molecule has 3 amide bonds. The van der Waals surface area contributed by atoms with Crippen LogP contribution in [0.3, 0.4) is 0 Å². The lowest BCUT2D eigenvalue weighted by Gasteiger charge is -2.40. The second kappa shape index (κ2) is 14.7. The highest BCUT2D eigenvalue weighted by atomic mass is 19.1. The molecule has 4 aromatic carbocycles. The van der Waals surface area contributed by atoms with Crippen molar-refractivity contribution in [2.24, 2.45) is 5.92 Å². The predicted octanol–water partition coefficient (Wildman–Crippen LogP) is 5.64. The third-order valence-corrected chi connectivity index (χ3v) is 12.4. The number of carbonyl (C=O) groups is 3. The number of rotatable bonds is 7. The van der Waals surface area contributed by atoms with Crippen molar-refractivity contribution in [1.29, 1.82) is 0 Å². The number of benzene rings is 4. The first-order valence-corrected chi connectivity index (χ1v) is 19.6. The van der Waals surface area contributed by atoms with Crippen LogP contribution in [0.1, 0.15) is 70.1 Å². The topological polar surface area (TPSA) is 106 Å². The Bertz CT molecular complexity index is 2110. The van der Waals surface area contributed by atoms with Gasteiger partial charge in [-0.05, 0) is 78.3 Å². The minimum Gasteiger partial charge on any atom is -0.508 e. The number of nitrogens with zero attached hydrogens (tertiary/aromatic N) is 4. The normalized spacial score (nSPS) is 23.3. The van der Waals surface area contributed by atoms with Crippen molar-refractivity contribution in [3.8, 4) is 11.5 Å². The van der Waals surface area contributed by atoms with Gasteiger partial charge in [0.15, 0.2) is 0 Å². The number of carbonyl (C=O) groups excluding carboxylic acids is 3. The maximum atomic E-state index is 16.1. The zero-order chi connectivity index (χ0) is 37.6. The van der Waals surface area contributed by atoms with Crippen LogP contribution in [0.4, 0.5) is 15.8 Å². The van der Waals surface area contributed by atoms with Gasteiger partial charge in [-0.15, -0.1) is 0 Å². The van der Waals surface area contributed by atoms with Gasteiger partial charge in [-0.3, -0.25) is 24.6 Å². The average Bonchev–Trinajstić information content (AvgIpc) is 3.53. The molecule has 284 valence electrons. The van der Waals surface area contributed by atoms with Gasteiger partial charge < -0.3 is 24.5 Å². The Morgan fingerprint density at radius 1 is 0.800 bits per heavy atom. The van der Waals surface area contributed by atoms with Crippen molar-refractivity contribution in [1.82, 2.24) is 15.1 Å². The Kier molecular flexibility index (Phi) is 9.41. The van der Waals surface area contributed by atoms with E-state index in [9.17, 15) is 19.5 Å². The lowest BCUT2D eigenvalue weighted by atomic mass is 9.76. The van der Waals surface area contributed by atoms with Crippen molar-refractivity contribution in [3.63, 3.8) is 0 Å². The molecule has 2 N–H and O–H groups in total. The fraction of sp³-hybridized carbons (Fsp3) is 0.386. The summed E-state index contributed by atoms with van der Waals surface area (Å²) in [5, 5.41) is 12.5. The van der Waals surface area contributed by atoms with Crippen LogP contribution in [-0.4, -0.2) is 91.1 Å². The Morgan fingerprint density at radius 2 is 1.60 bits per heavy atom. The van der Waals surface area contributed by atoms with Crippen molar-refractivity contribution in [2.45, 2.75) is 50.1 Å². The van der Waals surface area contributed by atoms with Crippen LogP contribution in [0.15, 0.2) is 84.9 Å². The van der Waals surface area contributed by atoms with E-state index in [1.165, 1.54) is 0 Å². The average molecular weight is 744 g/mol. The number of imide groups is 1. The van der Waals surface area contributed by atoms with Gasteiger partial charge in [0, 0.05) is 93.5 Å². The van der Waals surface area contributed by atoms with Crippen LogP contribution >= 0.6 is 0 Å². The van der Waals surface area contributed by atoms with E-state index in [0.29, 0.717) is 42.5 Å². The van der Waals surface area contributed by atoms with Gasteiger partial charge in [-0.1, -0.05) is 42.5 Å². The largest absolute Gasteiger partial charge is 0.508 e. The highest BCUT2D eigenvalue weighted by Crippen LogP contribution is 2.47. The molecule has 10 nitrogen and oxygen atoms in total. The van der Waals surface area contributed by atoms with Crippen LogP contribution in [0.2, 0.25) is 0 Å². The minimum absolute atomic E-state index is 0.0120. The van der Waals surface area contributed by atoms with E-state index in [1.54, 1.807) is 23.1 Å². The van der Waals surface area contributed by atoms with Crippen LogP contribution in [0.5, 0.6) is 11.5 Å². The highest BCUT2D eigenvalue weighted by Gasteiger charge is 2.40. The standard InChI is InChI=1S/C44H46FN5O5/c45-37-23-30(42-35-10-8-33(51)24-40(35)55-27-36(42)29-4-2-1-3-5-29)6-11-38(37)49-16-14-28(15-17-49)25-47-18-20-48(21-19-47)32-7-9-34-31(22-32)26-50(44(34)54)39-12-13-41(52)46-43(39)53/h1-11,22-24,28,36,39,42,51H,12-21,25-27H2,(H,46,52,53)/t36-,39+,42-/m1/s1. The molecule has 0 saturated carbocycles. The number of hydrogen-bond acceptors (Lipinski definition) is 8. The minimum atomic E-state index is -0.609. The quantitative estimate of drug-likeness (QED) is 0.235. The summed E-state index contributed by atoms with van der Waals surface area (Å²) in [6.45, 7) is 7.18. The second-order valence-corrected chi connectivity index (χ2v) is 15.7. The Hall–Kier alpha value is -5.42. The summed E-state index contributed by atoms with van der Waals surface area (Å²) < 4.78 is 22.2. The summed E-state index contributed by atoms with van der Waals surface area (Å²) >= 11 is 0. The van der Waals surface area contributed by atoms with E-state index in [-0.39, 0.29) is 47.5 Å². The number of hydrogen-bond donors (Lipinski definition) is 2. The number of ether oxygens (including phenoxy) is 1. The molecule has 9 rings (SSSR count). The first-order chi connectivity index (χ1) is 26.8. The molecular weight excluding hydrogens is 698 g/mol. The van der Waals surface area contributed by atoms with Crippen molar-refractivity contribution >= 4 is 29.1 Å². The smallest absolute Gasteiger partial charge is 0.255 e. The molecule has 11 heteroatoms. The third-order valence-electron chi connectivity index (χ3n) is 12.4. The highest BCUT2D eigenvalue weighted by molar-refractivity contribution is 6.05. The Morgan fingerprint density at radius 3 is 2.36 bits per heavy atom. The number of phenolic OH excluding ortho intramolecular Hbond substituents is 1. The lowest BCUT2D eigenvalue weighted by Crippen LogP contribution is -2.52. The summed E-state index contributed by atoms with van der Waals surface area (Å²) in [6, 6.07) is 26.6. The fourth-order valence-corrected chi connectivity index (χ4v) is 9.44. The molecule has 3 fully saturated rings. The number of fused-ring (bicyclic) bond motifs is 2. The maximum absolute atomic E-state index is 16.1. The zero-order valence-corrected chi connectivity index (χ0v) is 30.8. The maximum Gasteiger partial charge on any atom is 0.255 e. The summed E-state index contributed by atoms with van der Waals surface area (Å²) in [4.78, 5) is 45.9. The summed E-state index contributed by atoms with van der Waals surface area (Å²) in [5.41, 5.74) is 6.31. The lowest BCUT2D eigenvalue weighted by molar-refractivity contribution is -0.136. The summed E-state index contributed by atoms with van der Waals surface area (Å²) in [7, 11) is 0. The van der Waals surface area contributed by atoms with Crippen LogP contribution < -0.4 is 19.9 Å². The molecule has 3 saturated heterocycles. The second-order valence-electron chi connectivity index (χ2n) is 15.7. The van der Waals surface area contributed by atoms with Gasteiger partial charge in [0.05, 0.1) is 12.3 Å². The fourth-order valence-electron chi connectivity index (χ4n) is 9.44. The van der Waals surface area contributed by atoms with Crippen molar-refractivity contribution in [2.75, 3.05) is 62.2 Å². The summed E-state index contributed by atoms with van der Waals surface area (Å²) in [5.74, 6) is 0.232. The van der Waals surface area contributed by atoms with Gasteiger partial charge in [0.1, 0.15) is 23.4 Å². The molecule has 3 atom stereocenters. The molecule has 0 aromatic heterocycles. The molecule has 4 aromatic rings. The predicted molar refractivity (Wildman–Crippen MR) is 207 cm³/mol. The number of phenols is 1. The monoisotopic (exact) mass is 743 g/mol. The Labute approximate surface area is 320 Å². The molecule has 0 unspecified atom stereocenters. The van der Waals surface area contributed by atoms with E-state index < -0.39 is 6.04 Å².